The van der Waals surface area contributed by atoms with E-state index in [4.69, 9.17) is 4.74 Å². The monoisotopic (exact) mass is 330 g/mol. The van der Waals surface area contributed by atoms with E-state index in [2.05, 4.69) is 6.92 Å². The number of rotatable bonds is 1. The molecule has 0 N–H and O–H groups in total. The van der Waals surface area contributed by atoms with E-state index in [0.29, 0.717) is 36.9 Å². The summed E-state index contributed by atoms with van der Waals surface area (Å²) < 4.78 is 5.96. The van der Waals surface area contributed by atoms with Gasteiger partial charge in [-0.15, -0.1) is 0 Å². The molecule has 4 aliphatic rings. The first kappa shape index (κ1) is 16.0. The van der Waals surface area contributed by atoms with Gasteiger partial charge in [0, 0.05) is 31.1 Å². The van der Waals surface area contributed by atoms with Crippen LogP contribution in [0, 0.1) is 23.2 Å². The smallest absolute Gasteiger partial charge is 0.303 e. The predicted octanol–water partition coefficient (Wildman–Crippen LogP) is 3.38. The maximum Gasteiger partial charge on any atom is 0.303 e. The first-order chi connectivity index (χ1) is 11.4. The van der Waals surface area contributed by atoms with E-state index in [1.165, 1.54) is 6.92 Å². The van der Waals surface area contributed by atoms with Crippen molar-refractivity contribution in [1.29, 1.82) is 0 Å². The van der Waals surface area contributed by atoms with Crippen molar-refractivity contribution < 1.29 is 19.1 Å². The lowest BCUT2D eigenvalue weighted by Crippen LogP contribution is -2.57. The number of esters is 1. The number of carbonyl (C=O) groups excluding carboxylic acids is 3. The van der Waals surface area contributed by atoms with Crippen molar-refractivity contribution in [3.05, 3.63) is 11.6 Å². The number of ketones is 2. The Bertz CT molecular complexity index is 648. The molecule has 0 aromatic rings. The zero-order valence-corrected chi connectivity index (χ0v) is 14.6. The highest BCUT2D eigenvalue weighted by molar-refractivity contribution is 5.92. The zero-order valence-electron chi connectivity index (χ0n) is 14.6. The largest absolute Gasteiger partial charge is 0.454 e. The van der Waals surface area contributed by atoms with Gasteiger partial charge < -0.3 is 4.74 Å². The fraction of sp³-hybridized carbons (Fsp3) is 0.750. The summed E-state index contributed by atoms with van der Waals surface area (Å²) in [6.45, 7) is 3.62. The summed E-state index contributed by atoms with van der Waals surface area (Å²) in [6, 6.07) is 0. The molecule has 0 aliphatic heterocycles. The number of hydrogen-bond acceptors (Lipinski definition) is 4. The lowest BCUT2D eigenvalue weighted by molar-refractivity contribution is -0.175. The summed E-state index contributed by atoms with van der Waals surface area (Å²) in [5, 5.41) is 0. The summed E-state index contributed by atoms with van der Waals surface area (Å²) >= 11 is 0. The second-order valence-corrected chi connectivity index (χ2v) is 8.45. The van der Waals surface area contributed by atoms with Gasteiger partial charge in [0.1, 0.15) is 11.4 Å². The Balaban J connectivity index is 1.74. The fourth-order valence-corrected chi connectivity index (χ4v) is 6.38. The minimum Gasteiger partial charge on any atom is -0.454 e. The van der Waals surface area contributed by atoms with Crippen LogP contribution in [0.25, 0.3) is 0 Å². The third-order valence-electron chi connectivity index (χ3n) is 7.44. The zero-order chi connectivity index (χ0) is 17.1. The third-order valence-corrected chi connectivity index (χ3v) is 7.44. The molecule has 0 heterocycles. The van der Waals surface area contributed by atoms with Crippen LogP contribution < -0.4 is 0 Å². The van der Waals surface area contributed by atoms with E-state index in [1.54, 1.807) is 6.08 Å². The molecule has 4 heteroatoms. The van der Waals surface area contributed by atoms with Gasteiger partial charge in [-0.25, -0.2) is 0 Å². The summed E-state index contributed by atoms with van der Waals surface area (Å²) in [4.78, 5) is 36.2. The van der Waals surface area contributed by atoms with Crippen LogP contribution in [0.2, 0.25) is 0 Å². The van der Waals surface area contributed by atoms with E-state index in [9.17, 15) is 14.4 Å². The van der Waals surface area contributed by atoms with Gasteiger partial charge in [-0.3, -0.25) is 14.4 Å². The van der Waals surface area contributed by atoms with Crippen LogP contribution in [0.5, 0.6) is 0 Å². The Labute approximate surface area is 143 Å². The van der Waals surface area contributed by atoms with Gasteiger partial charge in [0.05, 0.1) is 0 Å². The highest BCUT2D eigenvalue weighted by Gasteiger charge is 2.61. The van der Waals surface area contributed by atoms with Gasteiger partial charge in [0.2, 0.25) is 0 Å². The van der Waals surface area contributed by atoms with Crippen molar-refractivity contribution in [2.75, 3.05) is 0 Å². The molecule has 4 rings (SSSR count). The van der Waals surface area contributed by atoms with Crippen molar-refractivity contribution in [1.82, 2.24) is 0 Å². The Hall–Kier alpha value is -1.45. The minimum absolute atomic E-state index is 0.155. The molecule has 0 bridgehead atoms. The number of Topliss-reactive ketones (excluding diaryl/α,β-unsaturated/α-hetero) is 1. The van der Waals surface area contributed by atoms with Crippen molar-refractivity contribution >= 4 is 17.5 Å². The predicted molar refractivity (Wildman–Crippen MR) is 88.1 cm³/mol. The topological polar surface area (TPSA) is 60.4 Å². The maximum absolute atomic E-state index is 12.4. The van der Waals surface area contributed by atoms with Crippen LogP contribution in [0.4, 0.5) is 0 Å². The van der Waals surface area contributed by atoms with E-state index in [-0.39, 0.29) is 23.1 Å². The molecule has 5 atom stereocenters. The van der Waals surface area contributed by atoms with Crippen LogP contribution in [-0.4, -0.2) is 23.1 Å². The first-order valence-electron chi connectivity index (χ1n) is 9.33. The lowest BCUT2D eigenvalue weighted by Gasteiger charge is -2.56. The van der Waals surface area contributed by atoms with Crippen molar-refractivity contribution in [2.45, 2.75) is 70.8 Å². The quantitative estimate of drug-likeness (QED) is 0.692. The normalized spacial score (nSPS) is 44.2. The van der Waals surface area contributed by atoms with E-state index >= 15 is 0 Å². The third kappa shape index (κ3) is 2.07. The molecule has 0 spiro atoms. The van der Waals surface area contributed by atoms with Gasteiger partial charge in [0.25, 0.3) is 0 Å². The number of carbonyl (C=O) groups is 3. The molecule has 0 radical (unpaired) electrons. The summed E-state index contributed by atoms with van der Waals surface area (Å²) in [5.74, 6) is 1.43. The molecule has 130 valence electrons. The highest BCUT2D eigenvalue weighted by atomic mass is 16.6. The minimum atomic E-state index is -0.588. The summed E-state index contributed by atoms with van der Waals surface area (Å²) in [5.41, 5.74) is 0.267. The van der Waals surface area contributed by atoms with Gasteiger partial charge >= 0.3 is 5.97 Å². The van der Waals surface area contributed by atoms with E-state index < -0.39 is 5.60 Å². The second kappa shape index (κ2) is 5.27. The van der Waals surface area contributed by atoms with E-state index in [0.717, 1.165) is 37.7 Å². The molecule has 4 nitrogen and oxygen atoms in total. The number of ether oxygens (including phenoxy) is 1. The van der Waals surface area contributed by atoms with Crippen molar-refractivity contribution in [3.8, 4) is 0 Å². The van der Waals surface area contributed by atoms with Crippen molar-refractivity contribution in [2.24, 2.45) is 23.2 Å². The van der Waals surface area contributed by atoms with Gasteiger partial charge in [-0.1, -0.05) is 6.92 Å². The Morgan fingerprint density at radius 1 is 1.08 bits per heavy atom. The molecule has 4 aliphatic carbocycles. The van der Waals surface area contributed by atoms with Crippen LogP contribution in [-0.2, 0) is 19.1 Å². The fourth-order valence-electron chi connectivity index (χ4n) is 6.38. The van der Waals surface area contributed by atoms with Crippen LogP contribution in [0.1, 0.15) is 65.2 Å². The molecule has 0 saturated heterocycles. The van der Waals surface area contributed by atoms with Crippen LogP contribution >= 0.6 is 0 Å². The first-order valence-corrected chi connectivity index (χ1v) is 9.33. The van der Waals surface area contributed by atoms with Crippen LogP contribution in [0.3, 0.4) is 0 Å². The maximum atomic E-state index is 12.4. The molecule has 24 heavy (non-hydrogen) atoms. The Kier molecular flexibility index (Phi) is 3.52. The standard InChI is InChI=1S/C20H26O4/c1-12(21)24-20-10-7-14(22)11-13(20)3-4-15-16-5-6-18(23)19(16,2)9-8-17(15)20/h11,15-17H,3-10H2,1-2H3/t15-,16-,17-,19-,20+/m0/s1. The highest BCUT2D eigenvalue weighted by Crippen LogP contribution is 2.62. The molecule has 0 aromatic carbocycles. The molecule has 3 fully saturated rings. The number of hydrogen-bond donors (Lipinski definition) is 0. The average molecular weight is 330 g/mol. The molecular weight excluding hydrogens is 304 g/mol. The van der Waals surface area contributed by atoms with Gasteiger partial charge in [0.15, 0.2) is 5.78 Å². The lowest BCUT2D eigenvalue weighted by atomic mass is 9.50. The van der Waals surface area contributed by atoms with Gasteiger partial charge in [-0.2, -0.15) is 0 Å². The summed E-state index contributed by atoms with van der Waals surface area (Å²) in [6.07, 6.45) is 8.15. The average Bonchev–Trinajstić information content (AvgIpc) is 2.83. The second-order valence-electron chi connectivity index (χ2n) is 8.45. The van der Waals surface area contributed by atoms with Gasteiger partial charge in [-0.05, 0) is 62.0 Å². The van der Waals surface area contributed by atoms with E-state index in [1.807, 2.05) is 0 Å². The molecule has 3 saturated carbocycles. The van der Waals surface area contributed by atoms with Crippen molar-refractivity contribution in [3.63, 3.8) is 0 Å². The molecule has 0 aromatic heterocycles. The molecule has 0 amide bonds. The molecule has 0 unspecified atom stereocenters. The SMILES string of the molecule is CC(=O)O[C@]12CCC(=O)C=C1CC[C@H]1[C@@H]3CCC(=O)[C@@]3(C)CC[C@@H]12. The summed E-state index contributed by atoms with van der Waals surface area (Å²) in [7, 11) is 0. The Morgan fingerprint density at radius 2 is 1.88 bits per heavy atom. The van der Waals surface area contributed by atoms with Crippen LogP contribution in [0.15, 0.2) is 11.6 Å². The Morgan fingerprint density at radius 3 is 2.62 bits per heavy atom. The molecular formula is C20H26O4. The number of fused-ring (bicyclic) bond motifs is 5.